The summed E-state index contributed by atoms with van der Waals surface area (Å²) in [6, 6.07) is 3.51. The number of phenols is 1. The number of nitrogens with one attached hydrogen (secondary N) is 1. The Kier molecular flexibility index (Phi) is 3.22. The van der Waals surface area contributed by atoms with Gasteiger partial charge in [0.1, 0.15) is 5.82 Å². The van der Waals surface area contributed by atoms with Crippen molar-refractivity contribution in [2.75, 3.05) is 0 Å². The first-order chi connectivity index (χ1) is 9.88. The monoisotopic (exact) mass is 332 g/mol. The maximum Gasteiger partial charge on any atom is 0.203 e. The Balaban J connectivity index is 2.26. The molecular formula is C13H5Cl2F3N2O. The molecule has 0 radical (unpaired) electrons. The second kappa shape index (κ2) is 4.82. The number of aromatic nitrogens is 2. The van der Waals surface area contributed by atoms with Crippen LogP contribution in [0.15, 0.2) is 18.2 Å². The van der Waals surface area contributed by atoms with E-state index >= 15 is 0 Å². The first-order valence-electron chi connectivity index (χ1n) is 5.60. The topological polar surface area (TPSA) is 48.9 Å². The zero-order valence-corrected chi connectivity index (χ0v) is 11.5. The Hall–Kier alpha value is -1.92. The molecule has 0 aliphatic heterocycles. The van der Waals surface area contributed by atoms with Crippen LogP contribution in [-0.2, 0) is 0 Å². The first-order valence-corrected chi connectivity index (χ1v) is 6.35. The van der Waals surface area contributed by atoms with Crippen LogP contribution in [0.4, 0.5) is 13.2 Å². The number of hydrogen-bond acceptors (Lipinski definition) is 2. The fourth-order valence-electron chi connectivity index (χ4n) is 1.90. The maximum atomic E-state index is 13.8. The molecule has 3 rings (SSSR count). The lowest BCUT2D eigenvalue weighted by Crippen LogP contribution is -1.94. The van der Waals surface area contributed by atoms with Gasteiger partial charge in [-0.15, -0.1) is 0 Å². The lowest BCUT2D eigenvalue weighted by Gasteiger charge is -2.03. The predicted octanol–water partition coefficient (Wildman–Crippen LogP) is 4.66. The van der Waals surface area contributed by atoms with Crippen LogP contribution in [0.25, 0.3) is 22.4 Å². The van der Waals surface area contributed by atoms with Crippen molar-refractivity contribution in [3.63, 3.8) is 0 Å². The number of H-pyrrole nitrogens is 1. The molecule has 0 fully saturated rings. The summed E-state index contributed by atoms with van der Waals surface area (Å²) in [6.45, 7) is 0. The molecule has 0 atom stereocenters. The molecule has 2 N–H and O–H groups in total. The van der Waals surface area contributed by atoms with Crippen LogP contribution in [-0.4, -0.2) is 15.1 Å². The van der Waals surface area contributed by atoms with Crippen molar-refractivity contribution in [1.82, 2.24) is 9.97 Å². The Morgan fingerprint density at radius 3 is 2.38 bits per heavy atom. The van der Waals surface area contributed by atoms with E-state index in [1.54, 1.807) is 0 Å². The van der Waals surface area contributed by atoms with Gasteiger partial charge in [-0.3, -0.25) is 0 Å². The highest BCUT2D eigenvalue weighted by molar-refractivity contribution is 6.42. The number of benzene rings is 2. The van der Waals surface area contributed by atoms with Crippen LogP contribution in [0.2, 0.25) is 10.0 Å². The van der Waals surface area contributed by atoms with Gasteiger partial charge >= 0.3 is 0 Å². The molecule has 1 aromatic heterocycles. The molecule has 2 aromatic carbocycles. The minimum absolute atomic E-state index is 0.0879. The van der Waals surface area contributed by atoms with Gasteiger partial charge in [0.05, 0.1) is 26.6 Å². The number of fused-ring (bicyclic) bond motifs is 1. The fourth-order valence-corrected chi connectivity index (χ4v) is 2.22. The zero-order chi connectivity index (χ0) is 15.3. The molecule has 1 heterocycles. The number of imidazole rings is 1. The highest BCUT2D eigenvalue weighted by Crippen LogP contribution is 2.33. The van der Waals surface area contributed by atoms with E-state index < -0.39 is 28.8 Å². The number of nitrogens with zero attached hydrogens (tertiary/aromatic N) is 1. The van der Waals surface area contributed by atoms with Gasteiger partial charge in [0.15, 0.2) is 17.4 Å². The summed E-state index contributed by atoms with van der Waals surface area (Å²) in [5.74, 6) is -5.85. The van der Waals surface area contributed by atoms with Gasteiger partial charge in [-0.2, -0.15) is 4.39 Å². The molecule has 21 heavy (non-hydrogen) atoms. The van der Waals surface area contributed by atoms with Gasteiger partial charge in [-0.1, -0.05) is 23.2 Å². The molecule has 8 heteroatoms. The summed E-state index contributed by atoms with van der Waals surface area (Å²) in [5, 5.41) is 9.72. The number of aromatic hydroxyl groups is 1. The highest BCUT2D eigenvalue weighted by Gasteiger charge is 2.21. The number of hydrogen-bond donors (Lipinski definition) is 2. The summed E-state index contributed by atoms with van der Waals surface area (Å²) in [7, 11) is 0. The molecule has 0 bridgehead atoms. The second-order valence-electron chi connectivity index (χ2n) is 4.25. The Bertz CT molecular complexity index is 841. The van der Waals surface area contributed by atoms with Gasteiger partial charge in [0.25, 0.3) is 0 Å². The summed E-state index contributed by atoms with van der Waals surface area (Å²) in [4.78, 5) is 6.72. The SMILES string of the molecule is Oc1c(F)c(F)cc(-c2nc3cc(Cl)c(Cl)cc3[nH]2)c1F. The van der Waals surface area contributed by atoms with Crippen LogP contribution in [0, 0.1) is 17.5 Å². The lowest BCUT2D eigenvalue weighted by molar-refractivity contribution is 0.377. The predicted molar refractivity (Wildman–Crippen MR) is 73.1 cm³/mol. The Morgan fingerprint density at radius 2 is 1.67 bits per heavy atom. The van der Waals surface area contributed by atoms with Crippen molar-refractivity contribution in [2.45, 2.75) is 0 Å². The summed E-state index contributed by atoms with van der Waals surface area (Å²) < 4.78 is 40.2. The van der Waals surface area contributed by atoms with Gasteiger partial charge in [0.2, 0.25) is 5.82 Å². The molecule has 0 saturated carbocycles. The van der Waals surface area contributed by atoms with Gasteiger partial charge in [0, 0.05) is 0 Å². The molecule has 0 saturated heterocycles. The Morgan fingerprint density at radius 1 is 1.00 bits per heavy atom. The van der Waals surface area contributed by atoms with E-state index in [9.17, 15) is 18.3 Å². The van der Waals surface area contributed by atoms with E-state index in [1.807, 2.05) is 0 Å². The smallest absolute Gasteiger partial charge is 0.203 e. The second-order valence-corrected chi connectivity index (χ2v) is 5.07. The number of rotatable bonds is 1. The minimum atomic E-state index is -1.65. The fraction of sp³-hybridized carbons (Fsp3) is 0. The average Bonchev–Trinajstić information content (AvgIpc) is 2.83. The summed E-state index contributed by atoms with van der Waals surface area (Å²) in [5.41, 5.74) is 0.390. The number of halogens is 5. The van der Waals surface area contributed by atoms with E-state index in [0.717, 1.165) is 0 Å². The van der Waals surface area contributed by atoms with Crippen LogP contribution in [0.3, 0.4) is 0 Å². The average molecular weight is 333 g/mol. The van der Waals surface area contributed by atoms with Gasteiger partial charge < -0.3 is 10.1 Å². The molecule has 0 amide bonds. The normalized spacial score (nSPS) is 11.3. The molecule has 0 spiro atoms. The van der Waals surface area contributed by atoms with Crippen molar-refractivity contribution in [1.29, 1.82) is 0 Å². The number of phenolic OH excluding ortho intramolecular Hbond substituents is 1. The molecule has 0 unspecified atom stereocenters. The summed E-state index contributed by atoms with van der Waals surface area (Å²) >= 11 is 11.7. The van der Waals surface area contributed by atoms with Crippen molar-refractivity contribution >= 4 is 34.2 Å². The number of aromatic amines is 1. The van der Waals surface area contributed by atoms with Crippen LogP contribution < -0.4 is 0 Å². The minimum Gasteiger partial charge on any atom is -0.503 e. The van der Waals surface area contributed by atoms with E-state index in [2.05, 4.69) is 9.97 Å². The van der Waals surface area contributed by atoms with E-state index in [1.165, 1.54) is 12.1 Å². The third-order valence-electron chi connectivity index (χ3n) is 2.91. The first kappa shape index (κ1) is 14.0. The largest absolute Gasteiger partial charge is 0.503 e. The van der Waals surface area contributed by atoms with Crippen LogP contribution in [0.5, 0.6) is 5.75 Å². The van der Waals surface area contributed by atoms with Gasteiger partial charge in [-0.25, -0.2) is 13.8 Å². The van der Waals surface area contributed by atoms with Crippen LogP contribution >= 0.6 is 23.2 Å². The molecule has 3 nitrogen and oxygen atoms in total. The highest BCUT2D eigenvalue weighted by atomic mass is 35.5. The molecule has 0 aliphatic carbocycles. The van der Waals surface area contributed by atoms with E-state index in [4.69, 9.17) is 23.2 Å². The Labute approximate surface area is 125 Å². The van der Waals surface area contributed by atoms with E-state index in [-0.39, 0.29) is 15.9 Å². The lowest BCUT2D eigenvalue weighted by atomic mass is 10.1. The quantitative estimate of drug-likeness (QED) is 0.637. The summed E-state index contributed by atoms with van der Waals surface area (Å²) in [6.07, 6.45) is 0. The van der Waals surface area contributed by atoms with Crippen molar-refractivity contribution in [3.05, 3.63) is 45.7 Å². The zero-order valence-electron chi connectivity index (χ0n) is 10.0. The van der Waals surface area contributed by atoms with Gasteiger partial charge in [-0.05, 0) is 18.2 Å². The van der Waals surface area contributed by atoms with Crippen molar-refractivity contribution < 1.29 is 18.3 Å². The maximum absolute atomic E-state index is 13.8. The van der Waals surface area contributed by atoms with E-state index in [0.29, 0.717) is 17.1 Å². The molecule has 3 aromatic rings. The molecular weight excluding hydrogens is 328 g/mol. The standard InChI is InChI=1S/C13H5Cl2F3N2O/c14-5-2-8-9(3-6(5)15)20-13(19-8)4-1-7(16)11(18)12(21)10(4)17/h1-3,21H,(H,19,20). The van der Waals surface area contributed by atoms with Crippen molar-refractivity contribution in [2.24, 2.45) is 0 Å². The third kappa shape index (κ3) is 2.20. The molecule has 108 valence electrons. The third-order valence-corrected chi connectivity index (χ3v) is 3.63. The van der Waals surface area contributed by atoms with Crippen molar-refractivity contribution in [3.8, 4) is 17.1 Å². The van der Waals surface area contributed by atoms with Crippen LogP contribution in [0.1, 0.15) is 0 Å². The molecule has 0 aliphatic rings.